The van der Waals surface area contributed by atoms with Crippen LogP contribution >= 0.6 is 0 Å². The number of anilines is 1. The van der Waals surface area contributed by atoms with Crippen LogP contribution < -0.4 is 10.6 Å². The van der Waals surface area contributed by atoms with Crippen LogP contribution in [0.4, 0.5) is 10.1 Å². The van der Waals surface area contributed by atoms with Gasteiger partial charge < -0.3 is 10.6 Å². The van der Waals surface area contributed by atoms with Gasteiger partial charge in [0.15, 0.2) is 0 Å². The van der Waals surface area contributed by atoms with E-state index >= 15 is 0 Å². The van der Waals surface area contributed by atoms with Gasteiger partial charge in [-0.3, -0.25) is 0 Å². The molecular weight excluding hydrogens is 179 g/mol. The lowest BCUT2D eigenvalue weighted by Crippen LogP contribution is -2.20. The molecular formula is C11H17FN2. The predicted molar refractivity (Wildman–Crippen MR) is 57.9 cm³/mol. The third-order valence-corrected chi connectivity index (χ3v) is 2.37. The van der Waals surface area contributed by atoms with Crippen molar-refractivity contribution in [2.24, 2.45) is 5.73 Å². The fourth-order valence-corrected chi connectivity index (χ4v) is 1.48. The molecule has 3 heteroatoms. The summed E-state index contributed by atoms with van der Waals surface area (Å²) in [6.45, 7) is 4.66. The summed E-state index contributed by atoms with van der Waals surface area (Å²) in [6, 6.07) is 4.78. The highest BCUT2D eigenvalue weighted by Crippen LogP contribution is 2.26. The van der Waals surface area contributed by atoms with Crippen LogP contribution in [-0.2, 0) is 0 Å². The topological polar surface area (TPSA) is 29.3 Å². The summed E-state index contributed by atoms with van der Waals surface area (Å²) in [5, 5.41) is 0. The average molecular weight is 196 g/mol. The van der Waals surface area contributed by atoms with E-state index in [0.717, 1.165) is 12.2 Å². The Balaban J connectivity index is 3.21. The monoisotopic (exact) mass is 196 g/mol. The Morgan fingerprint density at radius 1 is 1.50 bits per heavy atom. The van der Waals surface area contributed by atoms with Gasteiger partial charge in [0.1, 0.15) is 5.82 Å². The molecule has 0 saturated heterocycles. The van der Waals surface area contributed by atoms with E-state index in [1.165, 1.54) is 6.07 Å². The summed E-state index contributed by atoms with van der Waals surface area (Å²) >= 11 is 0. The summed E-state index contributed by atoms with van der Waals surface area (Å²) in [6.07, 6.45) is 0. The molecule has 2 N–H and O–H groups in total. The molecule has 1 atom stereocenters. The van der Waals surface area contributed by atoms with E-state index in [2.05, 4.69) is 0 Å². The third-order valence-electron chi connectivity index (χ3n) is 2.37. The van der Waals surface area contributed by atoms with Crippen LogP contribution in [0.5, 0.6) is 0 Å². The van der Waals surface area contributed by atoms with Gasteiger partial charge in [-0.25, -0.2) is 4.39 Å². The van der Waals surface area contributed by atoms with E-state index in [1.54, 1.807) is 13.0 Å². The zero-order valence-electron chi connectivity index (χ0n) is 8.92. The van der Waals surface area contributed by atoms with Crippen molar-refractivity contribution in [2.45, 2.75) is 19.9 Å². The molecule has 0 aromatic heterocycles. The zero-order valence-corrected chi connectivity index (χ0v) is 8.92. The van der Waals surface area contributed by atoms with Crippen molar-refractivity contribution in [3.05, 3.63) is 29.6 Å². The van der Waals surface area contributed by atoms with Crippen molar-refractivity contribution in [3.63, 3.8) is 0 Å². The Kier molecular flexibility index (Phi) is 3.47. The minimum atomic E-state index is -0.278. The molecule has 78 valence electrons. The van der Waals surface area contributed by atoms with Crippen molar-refractivity contribution in [3.8, 4) is 0 Å². The fourth-order valence-electron chi connectivity index (χ4n) is 1.48. The molecule has 1 rings (SSSR count). The minimum absolute atomic E-state index is 0.224. The lowest BCUT2D eigenvalue weighted by Gasteiger charge is -2.22. The predicted octanol–water partition coefficient (Wildman–Crippen LogP) is 2.30. The van der Waals surface area contributed by atoms with Crippen LogP contribution in [0.2, 0.25) is 0 Å². The number of hydrogen-bond donors (Lipinski definition) is 1. The second kappa shape index (κ2) is 4.42. The maximum absolute atomic E-state index is 13.5. The zero-order chi connectivity index (χ0) is 10.7. The highest BCUT2D eigenvalue weighted by atomic mass is 19.1. The van der Waals surface area contributed by atoms with Gasteiger partial charge in [-0.15, -0.1) is 0 Å². The van der Waals surface area contributed by atoms with Gasteiger partial charge >= 0.3 is 0 Å². The molecule has 0 radical (unpaired) electrons. The second-order valence-electron chi connectivity index (χ2n) is 3.48. The van der Waals surface area contributed by atoms with E-state index in [4.69, 9.17) is 5.73 Å². The van der Waals surface area contributed by atoms with Crippen molar-refractivity contribution in [1.29, 1.82) is 0 Å². The molecule has 0 saturated carbocycles. The maximum atomic E-state index is 13.5. The average Bonchev–Trinajstić information content (AvgIpc) is 2.15. The molecule has 14 heavy (non-hydrogen) atoms. The Hall–Kier alpha value is -1.09. The molecule has 1 aromatic rings. The van der Waals surface area contributed by atoms with Gasteiger partial charge in [0, 0.05) is 30.9 Å². The summed E-state index contributed by atoms with van der Waals surface area (Å²) < 4.78 is 13.5. The standard InChI is InChI=1S/C11H17FN2/c1-4-14(3)10-7-5-6-9(12)11(10)8(2)13/h5-8H,4,13H2,1-3H3. The van der Waals surface area contributed by atoms with Crippen LogP contribution in [0.1, 0.15) is 25.5 Å². The van der Waals surface area contributed by atoms with Crippen LogP contribution in [-0.4, -0.2) is 13.6 Å². The number of halogens is 1. The first-order valence-electron chi connectivity index (χ1n) is 4.83. The number of benzene rings is 1. The molecule has 2 nitrogen and oxygen atoms in total. The molecule has 1 unspecified atom stereocenters. The highest BCUT2D eigenvalue weighted by Gasteiger charge is 2.14. The van der Waals surface area contributed by atoms with Crippen molar-refractivity contribution in [1.82, 2.24) is 0 Å². The number of hydrogen-bond acceptors (Lipinski definition) is 2. The van der Waals surface area contributed by atoms with E-state index in [0.29, 0.717) is 5.56 Å². The molecule has 0 bridgehead atoms. The van der Waals surface area contributed by atoms with Gasteiger partial charge in [0.2, 0.25) is 0 Å². The molecule has 0 aliphatic carbocycles. The Labute approximate surface area is 84.5 Å². The first kappa shape index (κ1) is 11.0. The first-order valence-corrected chi connectivity index (χ1v) is 4.83. The van der Waals surface area contributed by atoms with Gasteiger partial charge in [-0.05, 0) is 26.0 Å². The SMILES string of the molecule is CCN(C)c1cccc(F)c1C(C)N. The lowest BCUT2D eigenvalue weighted by molar-refractivity contribution is 0.593. The van der Waals surface area contributed by atoms with Crippen LogP contribution in [0.25, 0.3) is 0 Å². The Morgan fingerprint density at radius 3 is 2.64 bits per heavy atom. The van der Waals surface area contributed by atoms with E-state index in [9.17, 15) is 4.39 Å². The van der Waals surface area contributed by atoms with E-state index in [1.807, 2.05) is 24.9 Å². The molecule has 1 aromatic carbocycles. The highest BCUT2D eigenvalue weighted by molar-refractivity contribution is 5.54. The van der Waals surface area contributed by atoms with Crippen molar-refractivity contribution in [2.75, 3.05) is 18.5 Å². The normalized spacial score (nSPS) is 12.6. The molecule has 0 aliphatic heterocycles. The largest absolute Gasteiger partial charge is 0.375 e. The maximum Gasteiger partial charge on any atom is 0.130 e. The quantitative estimate of drug-likeness (QED) is 0.803. The molecule has 0 amide bonds. The number of rotatable bonds is 3. The third kappa shape index (κ3) is 2.04. The summed E-state index contributed by atoms with van der Waals surface area (Å²) in [4.78, 5) is 1.99. The van der Waals surface area contributed by atoms with Crippen LogP contribution in [0.3, 0.4) is 0 Å². The van der Waals surface area contributed by atoms with Gasteiger partial charge in [0.25, 0.3) is 0 Å². The van der Waals surface area contributed by atoms with Crippen molar-refractivity contribution >= 4 is 5.69 Å². The smallest absolute Gasteiger partial charge is 0.130 e. The van der Waals surface area contributed by atoms with Gasteiger partial charge in [-0.2, -0.15) is 0 Å². The van der Waals surface area contributed by atoms with Gasteiger partial charge in [-0.1, -0.05) is 6.07 Å². The number of nitrogens with two attached hydrogens (primary N) is 1. The second-order valence-corrected chi connectivity index (χ2v) is 3.48. The van der Waals surface area contributed by atoms with Crippen molar-refractivity contribution < 1.29 is 4.39 Å². The van der Waals surface area contributed by atoms with Crippen LogP contribution in [0, 0.1) is 5.82 Å². The molecule has 0 aliphatic rings. The van der Waals surface area contributed by atoms with E-state index < -0.39 is 0 Å². The summed E-state index contributed by atoms with van der Waals surface area (Å²) in [5.41, 5.74) is 7.21. The summed E-state index contributed by atoms with van der Waals surface area (Å²) in [7, 11) is 1.93. The minimum Gasteiger partial charge on any atom is -0.375 e. The van der Waals surface area contributed by atoms with E-state index in [-0.39, 0.29) is 11.9 Å². The molecule has 0 spiro atoms. The van der Waals surface area contributed by atoms with Gasteiger partial charge in [0.05, 0.1) is 0 Å². The van der Waals surface area contributed by atoms with Crippen LogP contribution in [0.15, 0.2) is 18.2 Å². The fraction of sp³-hybridized carbons (Fsp3) is 0.455. The Bertz CT molecular complexity index is 310. The Morgan fingerprint density at radius 2 is 2.14 bits per heavy atom. The number of nitrogens with zero attached hydrogens (tertiary/aromatic N) is 1. The summed E-state index contributed by atoms with van der Waals surface area (Å²) in [5.74, 6) is -0.224. The molecule has 0 heterocycles. The lowest BCUT2D eigenvalue weighted by atomic mass is 10.1. The molecule has 0 fully saturated rings. The first-order chi connectivity index (χ1) is 6.57.